The first-order valence-electron chi connectivity index (χ1n) is 6.57. The van der Waals surface area contributed by atoms with Gasteiger partial charge >= 0.3 is 0 Å². The van der Waals surface area contributed by atoms with E-state index in [2.05, 4.69) is 0 Å². The molecule has 0 radical (unpaired) electrons. The number of furan rings is 1. The number of halogens is 1. The Hall–Kier alpha value is -2.30. The quantitative estimate of drug-likeness (QED) is 0.868. The van der Waals surface area contributed by atoms with Crippen LogP contribution >= 0.6 is 0 Å². The van der Waals surface area contributed by atoms with Gasteiger partial charge in [0.2, 0.25) is 0 Å². The third kappa shape index (κ3) is 3.24. The average molecular weight is 291 g/mol. The van der Waals surface area contributed by atoms with Gasteiger partial charge in [0, 0.05) is 13.6 Å². The summed E-state index contributed by atoms with van der Waals surface area (Å²) >= 11 is 0. The minimum atomic E-state index is -0.439. The molecule has 0 atom stereocenters. The van der Waals surface area contributed by atoms with E-state index >= 15 is 0 Å². The molecule has 1 aromatic carbocycles. The van der Waals surface area contributed by atoms with Crippen LogP contribution in [-0.2, 0) is 6.54 Å². The van der Waals surface area contributed by atoms with Gasteiger partial charge in [-0.2, -0.15) is 0 Å². The zero-order valence-electron chi connectivity index (χ0n) is 12.6. The molecule has 1 heterocycles. The maximum atomic E-state index is 13.6. The molecule has 5 heteroatoms. The van der Waals surface area contributed by atoms with Crippen molar-refractivity contribution in [3.05, 3.63) is 52.7 Å². The highest BCUT2D eigenvalue weighted by Crippen LogP contribution is 2.20. The predicted molar refractivity (Wildman–Crippen MR) is 76.9 cm³/mol. The zero-order chi connectivity index (χ0) is 15.6. The zero-order valence-corrected chi connectivity index (χ0v) is 12.6. The first-order chi connectivity index (χ1) is 9.92. The van der Waals surface area contributed by atoms with Crippen LogP contribution in [0.25, 0.3) is 0 Å². The second-order valence-electron chi connectivity index (χ2n) is 4.96. The summed E-state index contributed by atoms with van der Waals surface area (Å²) in [6.45, 7) is 3.85. The van der Waals surface area contributed by atoms with Crippen molar-refractivity contribution in [1.29, 1.82) is 0 Å². The monoisotopic (exact) mass is 291 g/mol. The summed E-state index contributed by atoms with van der Waals surface area (Å²) in [7, 11) is 3.09. The fourth-order valence-electron chi connectivity index (χ4n) is 2.20. The molecule has 0 unspecified atom stereocenters. The molecule has 21 heavy (non-hydrogen) atoms. The number of hydrogen-bond donors (Lipinski definition) is 0. The van der Waals surface area contributed by atoms with E-state index in [1.54, 1.807) is 39.1 Å². The van der Waals surface area contributed by atoms with Crippen LogP contribution in [-0.4, -0.2) is 25.0 Å². The van der Waals surface area contributed by atoms with E-state index in [4.69, 9.17) is 9.15 Å². The minimum absolute atomic E-state index is 0.152. The van der Waals surface area contributed by atoms with Gasteiger partial charge in [0.1, 0.15) is 11.5 Å². The maximum Gasteiger partial charge on any atom is 0.257 e. The van der Waals surface area contributed by atoms with Crippen LogP contribution in [0.2, 0.25) is 0 Å². The summed E-state index contributed by atoms with van der Waals surface area (Å²) in [6, 6.07) is 6.37. The molecule has 0 N–H and O–H groups in total. The van der Waals surface area contributed by atoms with Gasteiger partial charge in [0.15, 0.2) is 11.6 Å². The highest BCUT2D eigenvalue weighted by molar-refractivity contribution is 5.95. The number of hydrogen-bond acceptors (Lipinski definition) is 3. The Bertz CT molecular complexity index is 664. The van der Waals surface area contributed by atoms with Gasteiger partial charge in [-0.15, -0.1) is 0 Å². The highest BCUT2D eigenvalue weighted by atomic mass is 19.1. The lowest BCUT2D eigenvalue weighted by atomic mass is 10.1. The van der Waals surface area contributed by atoms with E-state index in [0.717, 1.165) is 0 Å². The van der Waals surface area contributed by atoms with E-state index in [1.807, 2.05) is 0 Å². The summed E-state index contributed by atoms with van der Waals surface area (Å²) in [5.41, 5.74) is 1.23. The molecule has 0 aliphatic heterocycles. The highest BCUT2D eigenvalue weighted by Gasteiger charge is 2.18. The first kappa shape index (κ1) is 15.1. The number of aryl methyl sites for hydroxylation is 2. The number of ether oxygens (including phenoxy) is 1. The first-order valence-corrected chi connectivity index (χ1v) is 6.57. The fourth-order valence-corrected chi connectivity index (χ4v) is 2.20. The van der Waals surface area contributed by atoms with Crippen LogP contribution in [0, 0.1) is 19.7 Å². The van der Waals surface area contributed by atoms with E-state index < -0.39 is 5.82 Å². The molecule has 112 valence electrons. The summed E-state index contributed by atoms with van der Waals surface area (Å²) < 4.78 is 23.9. The van der Waals surface area contributed by atoms with Crippen LogP contribution in [0.3, 0.4) is 0 Å². The molecular formula is C16H18FNO3. The van der Waals surface area contributed by atoms with E-state index in [1.165, 1.54) is 18.1 Å². The van der Waals surface area contributed by atoms with Crippen LogP contribution in [0.5, 0.6) is 5.75 Å². The second-order valence-corrected chi connectivity index (χ2v) is 4.96. The molecule has 0 fully saturated rings. The lowest BCUT2D eigenvalue weighted by molar-refractivity contribution is 0.0783. The second kappa shape index (κ2) is 5.99. The van der Waals surface area contributed by atoms with Crippen molar-refractivity contribution in [2.75, 3.05) is 14.2 Å². The van der Waals surface area contributed by atoms with Crippen LogP contribution < -0.4 is 4.74 Å². The third-order valence-corrected chi connectivity index (χ3v) is 3.25. The van der Waals surface area contributed by atoms with E-state index in [9.17, 15) is 9.18 Å². The molecule has 0 aliphatic rings. The number of carbonyl (C=O) groups excluding carboxylic acids is 1. The van der Waals surface area contributed by atoms with Crippen molar-refractivity contribution in [1.82, 2.24) is 4.90 Å². The number of methoxy groups -OCH3 is 1. The van der Waals surface area contributed by atoms with Crippen molar-refractivity contribution in [2.45, 2.75) is 20.4 Å². The van der Waals surface area contributed by atoms with Gasteiger partial charge in [0.05, 0.1) is 12.7 Å². The molecule has 4 nitrogen and oxygen atoms in total. The molecule has 2 rings (SSSR count). The van der Waals surface area contributed by atoms with Gasteiger partial charge in [-0.05, 0) is 37.6 Å². The largest absolute Gasteiger partial charge is 0.494 e. The molecule has 0 bridgehead atoms. The lowest BCUT2D eigenvalue weighted by Gasteiger charge is -2.17. The van der Waals surface area contributed by atoms with Gasteiger partial charge in [0.25, 0.3) is 5.91 Å². The van der Waals surface area contributed by atoms with Crippen LogP contribution in [0.1, 0.15) is 27.4 Å². The Balaban J connectivity index is 2.14. The lowest BCUT2D eigenvalue weighted by Crippen LogP contribution is -2.26. The number of carbonyl (C=O) groups is 1. The third-order valence-electron chi connectivity index (χ3n) is 3.25. The average Bonchev–Trinajstić information content (AvgIpc) is 2.77. The number of rotatable bonds is 4. The Morgan fingerprint density at radius 1 is 1.33 bits per heavy atom. The SMILES string of the molecule is COc1ccc(CN(C)C(=O)c2cc(C)oc2C)cc1F. The Morgan fingerprint density at radius 3 is 2.57 bits per heavy atom. The standard InChI is InChI=1S/C16H18FNO3/c1-10-7-13(11(2)21-10)16(19)18(3)9-12-5-6-15(20-4)14(17)8-12/h5-8H,9H2,1-4H3. The van der Waals surface area contributed by atoms with Gasteiger partial charge in [-0.3, -0.25) is 4.79 Å². The molecular weight excluding hydrogens is 273 g/mol. The van der Waals surface area contributed by atoms with E-state index in [-0.39, 0.29) is 11.7 Å². The Labute approximate surface area is 123 Å². The van der Waals surface area contributed by atoms with Crippen LogP contribution in [0.4, 0.5) is 4.39 Å². The summed E-state index contributed by atoms with van der Waals surface area (Å²) in [4.78, 5) is 13.9. The van der Waals surface area contributed by atoms with Gasteiger partial charge in [-0.25, -0.2) is 4.39 Å². The van der Waals surface area contributed by atoms with Gasteiger partial charge in [-0.1, -0.05) is 6.07 Å². The molecule has 0 spiro atoms. The summed E-state index contributed by atoms with van der Waals surface area (Å²) in [5, 5.41) is 0. The molecule has 0 aliphatic carbocycles. The topological polar surface area (TPSA) is 42.7 Å². The normalized spacial score (nSPS) is 10.5. The van der Waals surface area contributed by atoms with Crippen molar-refractivity contribution in [2.24, 2.45) is 0 Å². The molecule has 2 aromatic rings. The molecule has 1 aromatic heterocycles. The van der Waals surface area contributed by atoms with E-state index in [0.29, 0.717) is 29.2 Å². The fraction of sp³-hybridized carbons (Fsp3) is 0.312. The number of amides is 1. The number of nitrogens with zero attached hydrogens (tertiary/aromatic N) is 1. The number of benzene rings is 1. The summed E-state index contributed by atoms with van der Waals surface area (Å²) in [5.74, 6) is 0.880. The minimum Gasteiger partial charge on any atom is -0.494 e. The Kier molecular flexibility index (Phi) is 4.31. The molecule has 0 saturated heterocycles. The van der Waals surface area contributed by atoms with Crippen molar-refractivity contribution in [3.63, 3.8) is 0 Å². The smallest absolute Gasteiger partial charge is 0.257 e. The van der Waals surface area contributed by atoms with Crippen LogP contribution in [0.15, 0.2) is 28.7 Å². The molecule has 1 amide bonds. The van der Waals surface area contributed by atoms with Crippen molar-refractivity contribution >= 4 is 5.91 Å². The van der Waals surface area contributed by atoms with Crippen molar-refractivity contribution in [3.8, 4) is 5.75 Å². The summed E-state index contributed by atoms with van der Waals surface area (Å²) in [6.07, 6.45) is 0. The maximum absolute atomic E-state index is 13.6. The van der Waals surface area contributed by atoms with Gasteiger partial charge < -0.3 is 14.1 Å². The predicted octanol–water partition coefficient (Wildman–Crippen LogP) is 3.32. The van der Waals surface area contributed by atoms with Crippen molar-refractivity contribution < 1.29 is 18.3 Å². The molecule has 0 saturated carbocycles. The Morgan fingerprint density at radius 2 is 2.05 bits per heavy atom.